The number of benzene rings is 2. The molecule has 0 saturated carbocycles. The molecule has 0 atom stereocenters. The predicted octanol–water partition coefficient (Wildman–Crippen LogP) is 4.15. The molecule has 0 aromatic heterocycles. The summed E-state index contributed by atoms with van der Waals surface area (Å²) in [4.78, 5) is 12.2. The fraction of sp³-hybridized carbons (Fsp3) is 0.188. The number of hydrogen-bond donors (Lipinski definition) is 0. The van der Waals surface area contributed by atoms with Gasteiger partial charge in [0.1, 0.15) is 0 Å². The van der Waals surface area contributed by atoms with E-state index in [0.717, 1.165) is 24.5 Å². The van der Waals surface area contributed by atoms with Crippen LogP contribution in [0.1, 0.15) is 34.8 Å². The Morgan fingerprint density at radius 3 is 2.58 bits per heavy atom. The Morgan fingerprint density at radius 2 is 1.84 bits per heavy atom. The van der Waals surface area contributed by atoms with E-state index in [2.05, 4.69) is 0 Å². The summed E-state index contributed by atoms with van der Waals surface area (Å²) in [6.45, 7) is 2.04. The van der Waals surface area contributed by atoms with E-state index in [1.165, 1.54) is 12.1 Å². The summed E-state index contributed by atoms with van der Waals surface area (Å²) >= 11 is 0. The van der Waals surface area contributed by atoms with Crippen molar-refractivity contribution in [2.75, 3.05) is 0 Å². The quantitative estimate of drug-likeness (QED) is 0.755. The SMILES string of the molecule is CCCc1cccc(C(=O)c2cccc(F)c2F)c1. The molecular weight excluding hydrogens is 246 g/mol. The van der Waals surface area contributed by atoms with Crippen molar-refractivity contribution in [3.05, 3.63) is 70.8 Å². The van der Waals surface area contributed by atoms with Crippen LogP contribution < -0.4 is 0 Å². The predicted molar refractivity (Wildman–Crippen MR) is 70.2 cm³/mol. The van der Waals surface area contributed by atoms with Crippen LogP contribution in [-0.2, 0) is 6.42 Å². The van der Waals surface area contributed by atoms with Crippen molar-refractivity contribution in [2.45, 2.75) is 19.8 Å². The van der Waals surface area contributed by atoms with E-state index < -0.39 is 17.4 Å². The molecule has 0 bridgehead atoms. The van der Waals surface area contributed by atoms with E-state index >= 15 is 0 Å². The van der Waals surface area contributed by atoms with Crippen molar-refractivity contribution in [3.8, 4) is 0 Å². The van der Waals surface area contributed by atoms with E-state index in [1.54, 1.807) is 18.2 Å². The Hall–Kier alpha value is -2.03. The van der Waals surface area contributed by atoms with Gasteiger partial charge in [0.15, 0.2) is 17.4 Å². The molecule has 0 spiro atoms. The van der Waals surface area contributed by atoms with Crippen LogP contribution in [0.2, 0.25) is 0 Å². The van der Waals surface area contributed by atoms with Gasteiger partial charge in [0.2, 0.25) is 0 Å². The normalized spacial score (nSPS) is 10.5. The number of aryl methyl sites for hydroxylation is 1. The van der Waals surface area contributed by atoms with E-state index in [9.17, 15) is 13.6 Å². The Labute approximate surface area is 110 Å². The van der Waals surface area contributed by atoms with Crippen LogP contribution >= 0.6 is 0 Å². The second-order valence-corrected chi connectivity index (χ2v) is 4.38. The van der Waals surface area contributed by atoms with Gasteiger partial charge in [-0.3, -0.25) is 4.79 Å². The average molecular weight is 260 g/mol. The lowest BCUT2D eigenvalue weighted by Crippen LogP contribution is -2.06. The Morgan fingerprint density at radius 1 is 1.11 bits per heavy atom. The molecule has 19 heavy (non-hydrogen) atoms. The number of halogens is 2. The van der Waals surface area contributed by atoms with Crippen LogP contribution in [0.3, 0.4) is 0 Å². The van der Waals surface area contributed by atoms with E-state index in [4.69, 9.17) is 0 Å². The van der Waals surface area contributed by atoms with Gasteiger partial charge in [-0.25, -0.2) is 8.78 Å². The van der Waals surface area contributed by atoms with Crippen LogP contribution in [0.5, 0.6) is 0 Å². The summed E-state index contributed by atoms with van der Waals surface area (Å²) in [5, 5.41) is 0. The highest BCUT2D eigenvalue weighted by atomic mass is 19.2. The standard InChI is InChI=1S/C16H14F2O/c1-2-5-11-6-3-7-12(10-11)16(19)13-8-4-9-14(17)15(13)18/h3-4,6-10H,2,5H2,1H3. The van der Waals surface area contributed by atoms with Gasteiger partial charge in [-0.05, 0) is 30.2 Å². The summed E-state index contributed by atoms with van der Waals surface area (Å²) in [7, 11) is 0. The van der Waals surface area contributed by atoms with Crippen molar-refractivity contribution in [1.82, 2.24) is 0 Å². The number of hydrogen-bond acceptors (Lipinski definition) is 1. The molecule has 2 aromatic rings. The molecule has 0 amide bonds. The third-order valence-corrected chi connectivity index (χ3v) is 2.92. The smallest absolute Gasteiger partial charge is 0.196 e. The Bertz CT molecular complexity index is 605. The molecule has 3 heteroatoms. The fourth-order valence-electron chi connectivity index (χ4n) is 1.99. The summed E-state index contributed by atoms with van der Waals surface area (Å²) in [6.07, 6.45) is 1.82. The minimum Gasteiger partial charge on any atom is -0.288 e. The van der Waals surface area contributed by atoms with Crippen LogP contribution in [-0.4, -0.2) is 5.78 Å². The number of carbonyl (C=O) groups is 1. The highest BCUT2D eigenvalue weighted by Gasteiger charge is 2.16. The maximum Gasteiger partial charge on any atom is 0.196 e. The van der Waals surface area contributed by atoms with Crippen molar-refractivity contribution >= 4 is 5.78 Å². The second kappa shape index (κ2) is 5.74. The first-order chi connectivity index (χ1) is 9.13. The maximum absolute atomic E-state index is 13.6. The zero-order valence-corrected chi connectivity index (χ0v) is 10.6. The first-order valence-electron chi connectivity index (χ1n) is 6.21. The molecule has 0 saturated heterocycles. The Kier molecular flexibility index (Phi) is 4.05. The lowest BCUT2D eigenvalue weighted by molar-refractivity contribution is 0.103. The molecular formula is C16H14F2O. The van der Waals surface area contributed by atoms with Crippen LogP contribution in [0.25, 0.3) is 0 Å². The van der Waals surface area contributed by atoms with Gasteiger partial charge < -0.3 is 0 Å². The molecule has 0 fully saturated rings. The second-order valence-electron chi connectivity index (χ2n) is 4.38. The summed E-state index contributed by atoms with van der Waals surface area (Å²) in [5.74, 6) is -2.58. The van der Waals surface area contributed by atoms with Gasteiger partial charge in [0.25, 0.3) is 0 Å². The third kappa shape index (κ3) is 2.87. The largest absolute Gasteiger partial charge is 0.288 e. The first kappa shape index (κ1) is 13.4. The molecule has 0 aliphatic rings. The summed E-state index contributed by atoms with van der Waals surface area (Å²) in [6, 6.07) is 10.7. The van der Waals surface area contributed by atoms with Gasteiger partial charge in [-0.2, -0.15) is 0 Å². The number of ketones is 1. The highest BCUT2D eigenvalue weighted by molar-refractivity contribution is 6.09. The van der Waals surface area contributed by atoms with Crippen molar-refractivity contribution < 1.29 is 13.6 Å². The molecule has 0 N–H and O–H groups in total. The van der Waals surface area contributed by atoms with E-state index in [0.29, 0.717) is 5.56 Å². The number of carbonyl (C=O) groups excluding carboxylic acids is 1. The molecule has 2 aromatic carbocycles. The molecule has 2 rings (SSSR count). The first-order valence-corrected chi connectivity index (χ1v) is 6.21. The molecule has 0 heterocycles. The van der Waals surface area contributed by atoms with Gasteiger partial charge in [0.05, 0.1) is 5.56 Å². The van der Waals surface area contributed by atoms with E-state index in [1.807, 2.05) is 13.0 Å². The zero-order valence-electron chi connectivity index (χ0n) is 10.6. The van der Waals surface area contributed by atoms with Gasteiger partial charge in [0, 0.05) is 5.56 Å². The third-order valence-electron chi connectivity index (χ3n) is 2.92. The lowest BCUT2D eigenvalue weighted by atomic mass is 9.99. The molecule has 0 aliphatic carbocycles. The van der Waals surface area contributed by atoms with Gasteiger partial charge in [-0.1, -0.05) is 37.6 Å². The van der Waals surface area contributed by atoms with Crippen molar-refractivity contribution in [2.24, 2.45) is 0 Å². The minimum atomic E-state index is -1.09. The molecule has 98 valence electrons. The number of rotatable bonds is 4. The van der Waals surface area contributed by atoms with Gasteiger partial charge >= 0.3 is 0 Å². The monoisotopic (exact) mass is 260 g/mol. The fourth-order valence-corrected chi connectivity index (χ4v) is 1.99. The minimum absolute atomic E-state index is 0.228. The van der Waals surface area contributed by atoms with Crippen LogP contribution in [0.4, 0.5) is 8.78 Å². The van der Waals surface area contributed by atoms with Crippen molar-refractivity contribution in [3.63, 3.8) is 0 Å². The molecule has 0 unspecified atom stereocenters. The average Bonchev–Trinajstić information content (AvgIpc) is 2.42. The van der Waals surface area contributed by atoms with Crippen LogP contribution in [0.15, 0.2) is 42.5 Å². The highest BCUT2D eigenvalue weighted by Crippen LogP contribution is 2.17. The van der Waals surface area contributed by atoms with Crippen molar-refractivity contribution in [1.29, 1.82) is 0 Å². The zero-order chi connectivity index (χ0) is 13.8. The van der Waals surface area contributed by atoms with Gasteiger partial charge in [-0.15, -0.1) is 0 Å². The molecule has 1 nitrogen and oxygen atoms in total. The topological polar surface area (TPSA) is 17.1 Å². The lowest BCUT2D eigenvalue weighted by Gasteiger charge is -2.05. The summed E-state index contributed by atoms with van der Waals surface area (Å²) in [5.41, 5.74) is 1.18. The summed E-state index contributed by atoms with van der Waals surface area (Å²) < 4.78 is 26.7. The maximum atomic E-state index is 13.6. The van der Waals surface area contributed by atoms with E-state index in [-0.39, 0.29) is 5.56 Å². The Balaban J connectivity index is 2.38. The molecule has 0 aliphatic heterocycles. The van der Waals surface area contributed by atoms with Crippen LogP contribution in [0, 0.1) is 11.6 Å². The molecule has 0 radical (unpaired) electrons.